The standard InChI is InChI=1S/C19H27N3O/c23-19(20-10-4-5-11-20)22-14-17-8-9-18(15-22)21(13-17)12-16-6-2-1-3-7-16/h1-3,6-7,17-18H,4-5,8-15H2/t17-,18-/m0/s1. The Kier molecular flexibility index (Phi) is 4.25. The highest BCUT2D eigenvalue weighted by Crippen LogP contribution is 2.30. The molecule has 4 nitrogen and oxygen atoms in total. The molecule has 0 aliphatic carbocycles. The Hall–Kier alpha value is -1.55. The lowest BCUT2D eigenvalue weighted by Crippen LogP contribution is -2.46. The van der Waals surface area contributed by atoms with Crippen LogP contribution in [-0.2, 0) is 6.54 Å². The fraction of sp³-hybridized carbons (Fsp3) is 0.632. The second-order valence-corrected chi connectivity index (χ2v) is 7.39. The summed E-state index contributed by atoms with van der Waals surface area (Å²) in [4.78, 5) is 19.6. The second-order valence-electron chi connectivity index (χ2n) is 7.39. The van der Waals surface area contributed by atoms with Crippen molar-refractivity contribution in [1.82, 2.24) is 14.7 Å². The average Bonchev–Trinajstić information content (AvgIpc) is 2.97. The molecule has 0 radical (unpaired) electrons. The molecule has 1 aromatic carbocycles. The van der Waals surface area contributed by atoms with Crippen molar-refractivity contribution in [3.8, 4) is 0 Å². The quantitative estimate of drug-likeness (QED) is 0.839. The van der Waals surface area contributed by atoms with Gasteiger partial charge in [-0.15, -0.1) is 0 Å². The number of hydrogen-bond acceptors (Lipinski definition) is 2. The van der Waals surface area contributed by atoms with Crippen LogP contribution in [0.2, 0.25) is 0 Å². The zero-order valence-corrected chi connectivity index (χ0v) is 13.9. The summed E-state index contributed by atoms with van der Waals surface area (Å²) in [6.07, 6.45) is 4.86. The molecule has 2 bridgehead atoms. The number of carbonyl (C=O) groups is 1. The van der Waals surface area contributed by atoms with Gasteiger partial charge in [0, 0.05) is 45.3 Å². The third-order valence-electron chi connectivity index (χ3n) is 5.70. The van der Waals surface area contributed by atoms with Crippen molar-refractivity contribution < 1.29 is 4.79 Å². The van der Waals surface area contributed by atoms with E-state index in [1.807, 2.05) is 0 Å². The molecule has 4 saturated heterocycles. The van der Waals surface area contributed by atoms with Crippen LogP contribution in [-0.4, -0.2) is 59.5 Å². The SMILES string of the molecule is O=C(N1CCCC1)N1C[C@H]2CC[C@@H](C1)N(Cc1ccccc1)C2. The molecule has 4 aliphatic heterocycles. The Morgan fingerprint density at radius 3 is 2.52 bits per heavy atom. The number of benzene rings is 1. The van der Waals surface area contributed by atoms with Crippen LogP contribution < -0.4 is 0 Å². The zero-order valence-electron chi connectivity index (χ0n) is 13.9. The highest BCUT2D eigenvalue weighted by atomic mass is 16.2. The van der Waals surface area contributed by atoms with E-state index < -0.39 is 0 Å². The first-order valence-electron chi connectivity index (χ1n) is 9.11. The van der Waals surface area contributed by atoms with E-state index in [0.717, 1.165) is 39.3 Å². The van der Waals surface area contributed by atoms with Gasteiger partial charge in [0.05, 0.1) is 0 Å². The number of nitrogens with zero attached hydrogens (tertiary/aromatic N) is 3. The van der Waals surface area contributed by atoms with E-state index in [9.17, 15) is 4.79 Å². The second kappa shape index (κ2) is 6.52. The highest BCUT2D eigenvalue weighted by molar-refractivity contribution is 5.74. The minimum Gasteiger partial charge on any atom is -0.325 e. The molecule has 0 saturated carbocycles. The van der Waals surface area contributed by atoms with Crippen molar-refractivity contribution in [2.75, 3.05) is 32.7 Å². The van der Waals surface area contributed by atoms with Crippen molar-refractivity contribution >= 4 is 6.03 Å². The third-order valence-corrected chi connectivity index (χ3v) is 5.70. The lowest BCUT2D eigenvalue weighted by molar-refractivity contribution is 0.122. The molecule has 4 aliphatic rings. The Labute approximate surface area is 139 Å². The Bertz CT molecular complexity index is 541. The smallest absolute Gasteiger partial charge is 0.320 e. The minimum absolute atomic E-state index is 0.293. The molecule has 4 fully saturated rings. The summed E-state index contributed by atoms with van der Waals surface area (Å²) in [6, 6.07) is 11.6. The van der Waals surface area contributed by atoms with Crippen molar-refractivity contribution in [2.45, 2.75) is 38.3 Å². The van der Waals surface area contributed by atoms with Crippen LogP contribution in [0.5, 0.6) is 0 Å². The largest absolute Gasteiger partial charge is 0.325 e. The van der Waals surface area contributed by atoms with Crippen LogP contribution in [0.1, 0.15) is 31.2 Å². The van der Waals surface area contributed by atoms with Gasteiger partial charge in [-0.2, -0.15) is 0 Å². The maximum absolute atomic E-state index is 12.8. The molecule has 5 rings (SSSR count). The monoisotopic (exact) mass is 313 g/mol. The molecular weight excluding hydrogens is 286 g/mol. The first-order valence-corrected chi connectivity index (χ1v) is 9.11. The van der Waals surface area contributed by atoms with Gasteiger partial charge in [0.15, 0.2) is 0 Å². The van der Waals surface area contributed by atoms with Crippen LogP contribution in [0.15, 0.2) is 30.3 Å². The van der Waals surface area contributed by atoms with E-state index >= 15 is 0 Å². The maximum atomic E-state index is 12.8. The predicted octanol–water partition coefficient (Wildman–Crippen LogP) is 2.80. The third kappa shape index (κ3) is 3.23. The van der Waals surface area contributed by atoms with Crippen LogP contribution in [0.3, 0.4) is 0 Å². The van der Waals surface area contributed by atoms with Gasteiger partial charge in [-0.3, -0.25) is 4.90 Å². The maximum Gasteiger partial charge on any atom is 0.320 e. The van der Waals surface area contributed by atoms with E-state index in [2.05, 4.69) is 45.0 Å². The topological polar surface area (TPSA) is 26.8 Å². The number of urea groups is 1. The lowest BCUT2D eigenvalue weighted by Gasteiger charge is -2.36. The molecule has 4 heteroatoms. The molecule has 0 aromatic heterocycles. The summed E-state index contributed by atoms with van der Waals surface area (Å²) in [5, 5.41) is 0. The van der Waals surface area contributed by atoms with Gasteiger partial charge in [0.1, 0.15) is 0 Å². The molecular formula is C19H27N3O. The fourth-order valence-corrected chi connectivity index (χ4v) is 4.46. The normalized spacial score (nSPS) is 28.2. The Morgan fingerprint density at radius 2 is 1.74 bits per heavy atom. The Morgan fingerprint density at radius 1 is 0.957 bits per heavy atom. The zero-order chi connectivity index (χ0) is 15.6. The fourth-order valence-electron chi connectivity index (χ4n) is 4.46. The van der Waals surface area contributed by atoms with E-state index in [4.69, 9.17) is 0 Å². The molecule has 2 atom stereocenters. The predicted molar refractivity (Wildman–Crippen MR) is 91.1 cm³/mol. The summed E-state index contributed by atoms with van der Waals surface area (Å²) in [5.41, 5.74) is 1.39. The van der Waals surface area contributed by atoms with Crippen LogP contribution in [0.25, 0.3) is 0 Å². The summed E-state index contributed by atoms with van der Waals surface area (Å²) in [5.74, 6) is 0.643. The number of rotatable bonds is 2. The van der Waals surface area contributed by atoms with E-state index in [1.165, 1.54) is 31.2 Å². The van der Waals surface area contributed by atoms with Gasteiger partial charge in [0.25, 0.3) is 0 Å². The molecule has 23 heavy (non-hydrogen) atoms. The van der Waals surface area contributed by atoms with Gasteiger partial charge in [-0.25, -0.2) is 4.79 Å². The van der Waals surface area contributed by atoms with Gasteiger partial charge in [-0.05, 0) is 37.2 Å². The molecule has 0 N–H and O–H groups in total. The van der Waals surface area contributed by atoms with Crippen molar-refractivity contribution in [2.24, 2.45) is 5.92 Å². The molecule has 4 heterocycles. The van der Waals surface area contributed by atoms with E-state index in [0.29, 0.717) is 18.0 Å². The van der Waals surface area contributed by atoms with Gasteiger partial charge in [0.2, 0.25) is 0 Å². The van der Waals surface area contributed by atoms with E-state index in [-0.39, 0.29) is 0 Å². The molecule has 1 aromatic rings. The molecule has 0 unspecified atom stereocenters. The molecule has 0 spiro atoms. The van der Waals surface area contributed by atoms with Crippen molar-refractivity contribution in [3.63, 3.8) is 0 Å². The summed E-state index contributed by atoms with van der Waals surface area (Å²) in [6.45, 7) is 5.95. The average molecular weight is 313 g/mol. The number of likely N-dealkylation sites (tertiary alicyclic amines) is 1. The van der Waals surface area contributed by atoms with Crippen LogP contribution in [0.4, 0.5) is 4.79 Å². The van der Waals surface area contributed by atoms with Crippen LogP contribution in [0, 0.1) is 5.92 Å². The first-order chi connectivity index (χ1) is 11.3. The van der Waals surface area contributed by atoms with E-state index in [1.54, 1.807) is 0 Å². The van der Waals surface area contributed by atoms with Gasteiger partial charge in [-0.1, -0.05) is 30.3 Å². The summed E-state index contributed by atoms with van der Waals surface area (Å²) < 4.78 is 0. The molecule has 2 amide bonds. The van der Waals surface area contributed by atoms with Crippen molar-refractivity contribution in [3.05, 3.63) is 35.9 Å². The number of hydrogen-bond donors (Lipinski definition) is 0. The number of piperidine rings is 1. The summed E-state index contributed by atoms with van der Waals surface area (Å²) in [7, 11) is 0. The van der Waals surface area contributed by atoms with Gasteiger partial charge >= 0.3 is 6.03 Å². The number of carbonyl (C=O) groups excluding carboxylic acids is 1. The van der Waals surface area contributed by atoms with Crippen molar-refractivity contribution in [1.29, 1.82) is 0 Å². The minimum atomic E-state index is 0.293. The summed E-state index contributed by atoms with van der Waals surface area (Å²) >= 11 is 0. The first kappa shape index (κ1) is 15.0. The van der Waals surface area contributed by atoms with Crippen LogP contribution >= 0.6 is 0 Å². The molecule has 124 valence electrons. The lowest BCUT2D eigenvalue weighted by atomic mass is 9.94. The number of fused-ring (bicyclic) bond motifs is 4. The highest BCUT2D eigenvalue weighted by Gasteiger charge is 2.37. The Balaban J connectivity index is 1.45. The van der Waals surface area contributed by atoms with Gasteiger partial charge < -0.3 is 9.80 Å². The number of amides is 2.